The number of carbonyl (C=O) groups excluding carboxylic acids is 1. The molecule has 0 saturated carbocycles. The van der Waals surface area contributed by atoms with Crippen LogP contribution in [0.5, 0.6) is 0 Å². The third kappa shape index (κ3) is 3.63. The van der Waals surface area contributed by atoms with E-state index in [1.54, 1.807) is 12.3 Å². The predicted octanol–water partition coefficient (Wildman–Crippen LogP) is 3.21. The molecule has 0 bridgehead atoms. The normalized spacial score (nSPS) is 11.0. The smallest absolute Gasteiger partial charge is 0.267 e. The van der Waals surface area contributed by atoms with E-state index in [2.05, 4.69) is 20.5 Å². The molecule has 0 aliphatic heterocycles. The van der Waals surface area contributed by atoms with E-state index in [9.17, 15) is 9.59 Å². The molecule has 11 heteroatoms. The molecular weight excluding hydrogens is 398 g/mol. The lowest BCUT2D eigenvalue weighted by molar-refractivity contribution is 0.103. The Morgan fingerprint density at radius 2 is 2.20 bits per heavy atom. The van der Waals surface area contributed by atoms with Gasteiger partial charge in [0.25, 0.3) is 11.5 Å². The molecule has 0 aromatic carbocycles. The molecule has 4 rings (SSSR count). The lowest BCUT2D eigenvalue weighted by Crippen LogP contribution is -2.12. The van der Waals surface area contributed by atoms with Crippen LogP contribution in [0, 0.1) is 0 Å². The summed E-state index contributed by atoms with van der Waals surface area (Å²) in [5.74, 6) is 0.317. The fourth-order valence-electron chi connectivity index (χ4n) is 1.98. The molecule has 4 aromatic rings. The van der Waals surface area contributed by atoms with E-state index in [0.717, 1.165) is 0 Å². The summed E-state index contributed by atoms with van der Waals surface area (Å²) in [5.41, 5.74) is 0.597. The minimum absolute atomic E-state index is 0.0944. The number of hydrogen-bond donors (Lipinski definition) is 1. The van der Waals surface area contributed by atoms with E-state index < -0.39 is 0 Å². The Morgan fingerprint density at radius 1 is 1.28 bits per heavy atom. The van der Waals surface area contributed by atoms with Crippen molar-refractivity contribution in [2.75, 3.05) is 5.32 Å². The van der Waals surface area contributed by atoms with Gasteiger partial charge in [0.15, 0.2) is 9.30 Å². The predicted molar refractivity (Wildman–Crippen MR) is 101 cm³/mol. The van der Waals surface area contributed by atoms with Crippen LogP contribution in [0.1, 0.15) is 15.4 Å². The highest BCUT2D eigenvalue weighted by Gasteiger charge is 2.12. The molecule has 0 saturated heterocycles. The van der Waals surface area contributed by atoms with Crippen LogP contribution in [0.3, 0.4) is 0 Å². The number of thiophene rings is 1. The van der Waals surface area contributed by atoms with Gasteiger partial charge in [-0.1, -0.05) is 29.2 Å². The lowest BCUT2D eigenvalue weighted by atomic mass is 10.4. The van der Waals surface area contributed by atoms with Gasteiger partial charge >= 0.3 is 0 Å². The van der Waals surface area contributed by atoms with Gasteiger partial charge in [-0.2, -0.15) is 0 Å². The molecule has 126 valence electrons. The zero-order chi connectivity index (χ0) is 17.2. The summed E-state index contributed by atoms with van der Waals surface area (Å²) in [7, 11) is 0. The number of thioether (sulfide) groups is 1. The topological polar surface area (TPSA) is 89.2 Å². The minimum atomic E-state index is -0.194. The summed E-state index contributed by atoms with van der Waals surface area (Å²) in [4.78, 5) is 29.7. The number of fused-ring (bicyclic) bond motifs is 1. The van der Waals surface area contributed by atoms with Crippen molar-refractivity contribution in [1.29, 1.82) is 0 Å². The van der Waals surface area contributed by atoms with E-state index in [0.29, 0.717) is 30.8 Å². The number of nitrogens with one attached hydrogen (secondary N) is 1. The van der Waals surface area contributed by atoms with Crippen molar-refractivity contribution in [2.24, 2.45) is 0 Å². The molecule has 25 heavy (non-hydrogen) atoms. The molecule has 0 aliphatic carbocycles. The number of anilines is 1. The number of hydrogen-bond acceptors (Lipinski definition) is 9. The largest absolute Gasteiger partial charge is 0.296 e. The van der Waals surface area contributed by atoms with Gasteiger partial charge in [0.2, 0.25) is 5.13 Å². The molecule has 0 radical (unpaired) electrons. The molecule has 0 atom stereocenters. The van der Waals surface area contributed by atoms with Crippen LogP contribution in [0.4, 0.5) is 5.13 Å². The van der Waals surface area contributed by atoms with Crippen molar-refractivity contribution in [3.8, 4) is 0 Å². The second-order valence-electron chi connectivity index (χ2n) is 4.73. The monoisotopic (exact) mass is 407 g/mol. The molecule has 7 nitrogen and oxygen atoms in total. The fraction of sp³-hybridized carbons (Fsp3) is 0.0714. The Balaban J connectivity index is 1.42. The van der Waals surface area contributed by atoms with Crippen molar-refractivity contribution in [3.05, 3.63) is 56.1 Å². The fourth-order valence-corrected chi connectivity index (χ4v) is 4.98. The average Bonchev–Trinajstić information content (AvgIpc) is 3.34. The summed E-state index contributed by atoms with van der Waals surface area (Å²) < 4.78 is 2.22. The van der Waals surface area contributed by atoms with Crippen LogP contribution in [-0.4, -0.2) is 25.5 Å². The van der Waals surface area contributed by atoms with Crippen molar-refractivity contribution < 1.29 is 4.79 Å². The minimum Gasteiger partial charge on any atom is -0.296 e. The van der Waals surface area contributed by atoms with Crippen LogP contribution in [-0.2, 0) is 5.75 Å². The number of aromatic nitrogens is 4. The molecule has 0 unspecified atom stereocenters. The third-order valence-corrected chi connectivity index (χ3v) is 6.70. The first kappa shape index (κ1) is 16.4. The average molecular weight is 408 g/mol. The summed E-state index contributed by atoms with van der Waals surface area (Å²) in [6.45, 7) is 0. The maximum atomic E-state index is 12.0. The van der Waals surface area contributed by atoms with Crippen molar-refractivity contribution >= 4 is 61.8 Å². The van der Waals surface area contributed by atoms with Gasteiger partial charge in [-0.25, -0.2) is 4.98 Å². The zero-order valence-electron chi connectivity index (χ0n) is 12.4. The van der Waals surface area contributed by atoms with Gasteiger partial charge in [0.05, 0.1) is 10.6 Å². The molecule has 4 aromatic heterocycles. The van der Waals surface area contributed by atoms with Crippen molar-refractivity contribution in [3.63, 3.8) is 0 Å². The first-order valence-electron chi connectivity index (χ1n) is 6.96. The van der Waals surface area contributed by atoms with E-state index in [1.807, 2.05) is 16.8 Å². The highest BCUT2D eigenvalue weighted by molar-refractivity contribution is 8.00. The summed E-state index contributed by atoms with van der Waals surface area (Å²) in [6.07, 6.45) is 1.71. The molecule has 0 aliphatic rings. The van der Waals surface area contributed by atoms with Crippen LogP contribution >= 0.6 is 45.8 Å². The van der Waals surface area contributed by atoms with Crippen LogP contribution in [0.25, 0.3) is 4.96 Å². The van der Waals surface area contributed by atoms with Gasteiger partial charge in [0, 0.05) is 23.4 Å². The zero-order valence-corrected chi connectivity index (χ0v) is 15.7. The molecule has 0 spiro atoms. The van der Waals surface area contributed by atoms with Gasteiger partial charge in [-0.3, -0.25) is 19.3 Å². The molecule has 4 heterocycles. The molecule has 1 amide bonds. The number of thiazole rings is 1. The Kier molecular flexibility index (Phi) is 4.61. The molecule has 0 fully saturated rings. The number of carbonyl (C=O) groups is 1. The standard InChI is InChI=1S/C14H9N5O2S4/c20-10-6-8(15-13-19(10)3-5-23-13)7-24-14-18-17-12(25-14)16-11(21)9-2-1-4-22-9/h1-6H,7H2,(H,16,17,21). The highest BCUT2D eigenvalue weighted by atomic mass is 32.2. The van der Waals surface area contributed by atoms with Gasteiger partial charge in [-0.05, 0) is 11.4 Å². The second kappa shape index (κ2) is 7.04. The Bertz CT molecular complexity index is 1080. The second-order valence-corrected chi connectivity index (χ2v) is 8.76. The van der Waals surface area contributed by atoms with Crippen LogP contribution < -0.4 is 10.9 Å². The van der Waals surface area contributed by atoms with E-state index in [-0.39, 0.29) is 11.5 Å². The van der Waals surface area contributed by atoms with E-state index >= 15 is 0 Å². The first-order valence-corrected chi connectivity index (χ1v) is 10.5. The van der Waals surface area contributed by atoms with Crippen molar-refractivity contribution in [2.45, 2.75) is 10.1 Å². The van der Waals surface area contributed by atoms with Crippen molar-refractivity contribution in [1.82, 2.24) is 19.6 Å². The maximum absolute atomic E-state index is 12.0. The van der Waals surface area contributed by atoms with Crippen LogP contribution in [0.15, 0.2) is 44.3 Å². The first-order chi connectivity index (χ1) is 12.2. The van der Waals surface area contributed by atoms with Crippen LogP contribution in [0.2, 0.25) is 0 Å². The Morgan fingerprint density at radius 3 is 3.04 bits per heavy atom. The molecular formula is C14H9N5O2S4. The number of rotatable bonds is 5. The van der Waals surface area contributed by atoms with Gasteiger partial charge in [0.1, 0.15) is 0 Å². The van der Waals surface area contributed by atoms with Gasteiger partial charge < -0.3 is 0 Å². The quantitative estimate of drug-likeness (QED) is 0.404. The Labute approximate surface area is 157 Å². The van der Waals surface area contributed by atoms with E-state index in [1.165, 1.54) is 56.2 Å². The number of amides is 1. The third-order valence-electron chi connectivity index (χ3n) is 3.07. The van der Waals surface area contributed by atoms with E-state index in [4.69, 9.17) is 0 Å². The maximum Gasteiger partial charge on any atom is 0.267 e. The summed E-state index contributed by atoms with van der Waals surface area (Å²) >= 11 is 5.51. The number of nitrogens with zero attached hydrogens (tertiary/aromatic N) is 4. The molecule has 1 N–H and O–H groups in total. The summed E-state index contributed by atoms with van der Waals surface area (Å²) in [6, 6.07) is 5.09. The SMILES string of the molecule is O=C(Nc1nnc(SCc2cc(=O)n3ccsc3n2)s1)c1cccs1. The Hall–Kier alpha value is -2.08. The highest BCUT2D eigenvalue weighted by Crippen LogP contribution is 2.28. The summed E-state index contributed by atoms with van der Waals surface area (Å²) in [5, 5.41) is 14.9. The lowest BCUT2D eigenvalue weighted by Gasteiger charge is -1.98. The van der Waals surface area contributed by atoms with Gasteiger partial charge in [-0.15, -0.1) is 32.9 Å².